The van der Waals surface area contributed by atoms with Gasteiger partial charge in [0.2, 0.25) is 0 Å². The van der Waals surface area contributed by atoms with Crippen LogP contribution >= 0.6 is 0 Å². The molecule has 1 rings (SSSR count). The van der Waals surface area contributed by atoms with Gasteiger partial charge in [0.15, 0.2) is 0 Å². The van der Waals surface area contributed by atoms with E-state index in [4.69, 9.17) is 10.6 Å². The highest BCUT2D eigenvalue weighted by molar-refractivity contribution is 5.92. The minimum absolute atomic E-state index is 0.225. The molecule has 1 saturated heterocycles. The number of hydrazine groups is 1. The van der Waals surface area contributed by atoms with Crippen molar-refractivity contribution in [2.24, 2.45) is 11.8 Å². The van der Waals surface area contributed by atoms with Crippen molar-refractivity contribution in [3.05, 3.63) is 0 Å². The van der Waals surface area contributed by atoms with Crippen LogP contribution in [0.25, 0.3) is 0 Å². The standard InChI is InChI=1S/C10H19N3O3/c1-10(2,3)16-9(15)13(11)8(14)7-4-5-12-6-7/h7,12H,4-6,11H2,1-3H3. The summed E-state index contributed by atoms with van der Waals surface area (Å²) < 4.78 is 5.00. The molecule has 92 valence electrons. The molecule has 1 aliphatic rings. The molecule has 0 aromatic heterocycles. The van der Waals surface area contributed by atoms with Crippen LogP contribution in [0.3, 0.4) is 0 Å². The molecule has 0 bridgehead atoms. The lowest BCUT2D eigenvalue weighted by Gasteiger charge is -2.24. The van der Waals surface area contributed by atoms with E-state index in [0.717, 1.165) is 6.54 Å². The van der Waals surface area contributed by atoms with Gasteiger partial charge in [0.1, 0.15) is 5.60 Å². The Morgan fingerprint density at radius 1 is 1.44 bits per heavy atom. The van der Waals surface area contributed by atoms with E-state index in [0.29, 0.717) is 18.0 Å². The second kappa shape index (κ2) is 4.80. The zero-order valence-electron chi connectivity index (χ0n) is 9.95. The number of hydrogen-bond acceptors (Lipinski definition) is 5. The zero-order chi connectivity index (χ0) is 12.3. The second-order valence-electron chi connectivity index (χ2n) is 4.88. The molecule has 1 unspecified atom stereocenters. The van der Waals surface area contributed by atoms with Crippen molar-refractivity contribution in [3.8, 4) is 0 Å². The summed E-state index contributed by atoms with van der Waals surface area (Å²) in [5, 5.41) is 3.61. The van der Waals surface area contributed by atoms with E-state index in [1.807, 2.05) is 0 Å². The van der Waals surface area contributed by atoms with Crippen molar-refractivity contribution in [3.63, 3.8) is 0 Å². The minimum atomic E-state index is -0.801. The van der Waals surface area contributed by atoms with Crippen LogP contribution in [-0.2, 0) is 9.53 Å². The molecule has 6 nitrogen and oxygen atoms in total. The highest BCUT2D eigenvalue weighted by atomic mass is 16.6. The summed E-state index contributed by atoms with van der Waals surface area (Å²) in [6, 6.07) is 0. The highest BCUT2D eigenvalue weighted by Crippen LogP contribution is 2.13. The number of amides is 2. The summed E-state index contributed by atoms with van der Waals surface area (Å²) in [7, 11) is 0. The number of ether oxygens (including phenoxy) is 1. The summed E-state index contributed by atoms with van der Waals surface area (Å²) >= 11 is 0. The maximum atomic E-state index is 11.7. The molecule has 2 amide bonds. The Hall–Kier alpha value is -1.14. The van der Waals surface area contributed by atoms with Gasteiger partial charge in [-0.2, -0.15) is 5.01 Å². The van der Waals surface area contributed by atoms with Crippen LogP contribution in [0, 0.1) is 5.92 Å². The highest BCUT2D eigenvalue weighted by Gasteiger charge is 2.31. The molecule has 16 heavy (non-hydrogen) atoms. The van der Waals surface area contributed by atoms with Crippen LogP contribution in [-0.4, -0.2) is 35.7 Å². The first-order valence-corrected chi connectivity index (χ1v) is 5.33. The smallest absolute Gasteiger partial charge is 0.431 e. The van der Waals surface area contributed by atoms with Gasteiger partial charge in [-0.05, 0) is 33.7 Å². The molecule has 0 radical (unpaired) electrons. The lowest BCUT2D eigenvalue weighted by molar-refractivity contribution is -0.134. The monoisotopic (exact) mass is 229 g/mol. The SMILES string of the molecule is CC(C)(C)OC(=O)N(N)C(=O)C1CCNC1. The predicted octanol–water partition coefficient (Wildman–Crippen LogP) is 0.233. The largest absolute Gasteiger partial charge is 0.442 e. The van der Waals surface area contributed by atoms with Gasteiger partial charge in [0, 0.05) is 6.54 Å². The van der Waals surface area contributed by atoms with Crippen LogP contribution in [0.2, 0.25) is 0 Å². The van der Waals surface area contributed by atoms with Crippen molar-refractivity contribution >= 4 is 12.0 Å². The normalized spacial score (nSPS) is 20.6. The first kappa shape index (κ1) is 12.9. The van der Waals surface area contributed by atoms with Gasteiger partial charge in [0.05, 0.1) is 5.92 Å². The zero-order valence-corrected chi connectivity index (χ0v) is 9.95. The van der Waals surface area contributed by atoms with Gasteiger partial charge >= 0.3 is 6.09 Å². The summed E-state index contributed by atoms with van der Waals surface area (Å²) in [4.78, 5) is 23.2. The number of imide groups is 1. The fraction of sp³-hybridized carbons (Fsp3) is 0.800. The third-order valence-corrected chi connectivity index (χ3v) is 2.24. The van der Waals surface area contributed by atoms with Crippen LogP contribution < -0.4 is 11.2 Å². The lowest BCUT2D eigenvalue weighted by Crippen LogP contribution is -2.48. The molecule has 0 aromatic carbocycles. The van der Waals surface area contributed by atoms with Gasteiger partial charge < -0.3 is 10.1 Å². The Morgan fingerprint density at radius 2 is 2.06 bits per heavy atom. The van der Waals surface area contributed by atoms with Crippen LogP contribution in [0.15, 0.2) is 0 Å². The number of carbonyl (C=O) groups is 2. The molecule has 1 heterocycles. The van der Waals surface area contributed by atoms with E-state index in [2.05, 4.69) is 5.32 Å². The topological polar surface area (TPSA) is 84.7 Å². The van der Waals surface area contributed by atoms with Crippen molar-refractivity contribution in [1.82, 2.24) is 10.3 Å². The Kier molecular flexibility index (Phi) is 3.88. The van der Waals surface area contributed by atoms with E-state index in [1.54, 1.807) is 20.8 Å². The number of hydrogen-bond donors (Lipinski definition) is 2. The third kappa shape index (κ3) is 3.46. The Balaban J connectivity index is 2.52. The molecular formula is C10H19N3O3. The predicted molar refractivity (Wildman–Crippen MR) is 58.2 cm³/mol. The van der Waals surface area contributed by atoms with E-state index < -0.39 is 11.7 Å². The van der Waals surface area contributed by atoms with Crippen molar-refractivity contribution in [1.29, 1.82) is 0 Å². The maximum absolute atomic E-state index is 11.7. The molecule has 1 aliphatic heterocycles. The van der Waals surface area contributed by atoms with Crippen molar-refractivity contribution < 1.29 is 14.3 Å². The molecule has 1 atom stereocenters. The van der Waals surface area contributed by atoms with Gasteiger partial charge in [0.25, 0.3) is 5.91 Å². The Labute approximate surface area is 95.1 Å². The molecule has 0 aliphatic carbocycles. The van der Waals surface area contributed by atoms with Crippen LogP contribution in [0.5, 0.6) is 0 Å². The quantitative estimate of drug-likeness (QED) is 0.382. The lowest BCUT2D eigenvalue weighted by atomic mass is 10.1. The van der Waals surface area contributed by atoms with Crippen molar-refractivity contribution in [2.75, 3.05) is 13.1 Å². The maximum Gasteiger partial charge on any atom is 0.431 e. The molecule has 0 saturated carbocycles. The van der Waals surface area contributed by atoms with Crippen LogP contribution in [0.1, 0.15) is 27.2 Å². The van der Waals surface area contributed by atoms with Crippen LogP contribution in [0.4, 0.5) is 4.79 Å². The second-order valence-corrected chi connectivity index (χ2v) is 4.88. The number of nitrogens with zero attached hydrogens (tertiary/aromatic N) is 1. The summed E-state index contributed by atoms with van der Waals surface area (Å²) in [5.41, 5.74) is -0.650. The number of carbonyl (C=O) groups excluding carboxylic acids is 2. The molecule has 0 spiro atoms. The number of nitrogens with two attached hydrogens (primary N) is 1. The van der Waals surface area contributed by atoms with Gasteiger partial charge in [-0.3, -0.25) is 4.79 Å². The number of rotatable bonds is 1. The molecule has 6 heteroatoms. The molecule has 0 aromatic rings. The summed E-state index contributed by atoms with van der Waals surface area (Å²) in [5.74, 6) is 4.82. The van der Waals surface area contributed by atoms with E-state index in [-0.39, 0.29) is 11.8 Å². The van der Waals surface area contributed by atoms with E-state index in [1.165, 1.54) is 0 Å². The first-order chi connectivity index (χ1) is 7.31. The average Bonchev–Trinajstić information content (AvgIpc) is 2.65. The summed E-state index contributed by atoms with van der Waals surface area (Å²) in [6.45, 7) is 6.51. The van der Waals surface area contributed by atoms with Gasteiger partial charge in [-0.15, -0.1) is 0 Å². The van der Waals surface area contributed by atoms with E-state index >= 15 is 0 Å². The Morgan fingerprint density at radius 3 is 2.50 bits per heavy atom. The summed E-state index contributed by atoms with van der Waals surface area (Å²) in [6.07, 6.45) is -0.0978. The molecule has 3 N–H and O–H groups in total. The fourth-order valence-corrected chi connectivity index (χ4v) is 1.46. The van der Waals surface area contributed by atoms with Crippen molar-refractivity contribution in [2.45, 2.75) is 32.8 Å². The molecular weight excluding hydrogens is 210 g/mol. The van der Waals surface area contributed by atoms with Gasteiger partial charge in [-0.1, -0.05) is 0 Å². The first-order valence-electron chi connectivity index (χ1n) is 5.33. The Bertz CT molecular complexity index is 280. The minimum Gasteiger partial charge on any atom is -0.442 e. The number of nitrogens with one attached hydrogen (secondary N) is 1. The van der Waals surface area contributed by atoms with E-state index in [9.17, 15) is 9.59 Å². The third-order valence-electron chi connectivity index (χ3n) is 2.24. The fourth-order valence-electron chi connectivity index (χ4n) is 1.46. The molecule has 1 fully saturated rings. The average molecular weight is 229 g/mol. The van der Waals surface area contributed by atoms with Gasteiger partial charge in [-0.25, -0.2) is 10.6 Å².